The van der Waals surface area contributed by atoms with E-state index in [1.54, 1.807) is 0 Å². The zero-order chi connectivity index (χ0) is 22.1. The smallest absolute Gasteiger partial charge is 0.197 e. The van der Waals surface area contributed by atoms with Gasteiger partial charge in [0, 0.05) is 7.97 Å². The molecule has 2 atom stereocenters. The van der Waals surface area contributed by atoms with Crippen LogP contribution in [0.5, 0.6) is 5.75 Å². The van der Waals surface area contributed by atoms with Gasteiger partial charge in [-0.1, -0.05) is 72.4 Å². The van der Waals surface area contributed by atoms with Crippen molar-refractivity contribution in [3.05, 3.63) is 29.8 Å². The van der Waals surface area contributed by atoms with Crippen LogP contribution >= 0.6 is 0 Å². The summed E-state index contributed by atoms with van der Waals surface area (Å²) < 4.78 is 11.0. The maximum absolute atomic E-state index is 8.72. The van der Waals surface area contributed by atoms with Crippen molar-refractivity contribution in [3.63, 3.8) is 0 Å². The highest BCUT2D eigenvalue weighted by Crippen LogP contribution is 2.38. The second kappa shape index (κ2) is 16.6. The number of hydrogen-bond acceptors (Lipinski definition) is 5. The minimum Gasteiger partial charge on any atom is -0.465 e. The fourth-order valence-electron chi connectivity index (χ4n) is 3.24. The summed E-state index contributed by atoms with van der Waals surface area (Å²) in [6.07, 6.45) is 6.88. The molecule has 0 spiro atoms. The van der Waals surface area contributed by atoms with Crippen molar-refractivity contribution in [1.82, 2.24) is 5.48 Å². The first-order valence-corrected chi connectivity index (χ1v) is 11.2. The molecule has 0 aliphatic rings. The monoisotopic (exact) mass is 413 g/mol. The zero-order valence-corrected chi connectivity index (χ0v) is 19.5. The maximum atomic E-state index is 8.72. The number of benzene rings is 1. The Balaban J connectivity index is 0. The number of ether oxygens (including phenoxy) is 2. The number of hydrogen-bond donors (Lipinski definition) is 3. The van der Waals surface area contributed by atoms with Gasteiger partial charge in [-0.25, -0.2) is 5.48 Å². The molecule has 0 aromatic heterocycles. The van der Waals surface area contributed by atoms with E-state index in [1.165, 1.54) is 37.7 Å². The van der Waals surface area contributed by atoms with Gasteiger partial charge in [-0.2, -0.15) is 0 Å². The second-order valence-electron chi connectivity index (χ2n) is 8.52. The molecule has 2 unspecified atom stereocenters. The van der Waals surface area contributed by atoms with E-state index in [0.717, 1.165) is 18.7 Å². The van der Waals surface area contributed by atoms with Crippen LogP contribution in [0.15, 0.2) is 24.3 Å². The third-order valence-electron chi connectivity index (χ3n) is 4.79. The number of aliphatic hydroxyl groups is 1. The average Bonchev–Trinajstić information content (AvgIpc) is 2.68. The largest absolute Gasteiger partial charge is 0.465 e. The van der Waals surface area contributed by atoms with E-state index in [2.05, 4.69) is 52.2 Å². The quantitative estimate of drug-likeness (QED) is 0.206. The minimum absolute atomic E-state index is 0. The molecule has 0 bridgehead atoms. The molecule has 1 aromatic carbocycles. The van der Waals surface area contributed by atoms with Crippen molar-refractivity contribution in [2.45, 2.75) is 92.3 Å². The molecule has 3 N–H and O–H groups in total. The van der Waals surface area contributed by atoms with Crippen LogP contribution in [-0.4, -0.2) is 36.4 Å². The van der Waals surface area contributed by atoms with Gasteiger partial charge in [0.25, 0.3) is 0 Å². The molecule has 1 rings (SSSR count). The summed E-state index contributed by atoms with van der Waals surface area (Å²) in [6, 6.07) is 8.31. The summed E-state index contributed by atoms with van der Waals surface area (Å²) in [5.74, 6) is 1.35. The lowest BCUT2D eigenvalue weighted by Crippen LogP contribution is -2.19. The Bertz CT molecular complexity index is 485. The predicted molar refractivity (Wildman–Crippen MR) is 123 cm³/mol. The van der Waals surface area contributed by atoms with E-state index < -0.39 is 0 Å². The first-order valence-electron chi connectivity index (χ1n) is 11.2. The molecular weight excluding hydrogens is 366 g/mol. The van der Waals surface area contributed by atoms with Crippen molar-refractivity contribution in [3.8, 4) is 5.75 Å². The van der Waals surface area contributed by atoms with Gasteiger partial charge in [0.2, 0.25) is 0 Å². The molecule has 1 aromatic rings. The third-order valence-corrected chi connectivity index (χ3v) is 4.79. The van der Waals surface area contributed by atoms with Gasteiger partial charge in [-0.15, -0.1) is 0 Å². The van der Waals surface area contributed by atoms with Crippen LogP contribution in [0.4, 0.5) is 0 Å². The molecule has 0 saturated carbocycles. The van der Waals surface area contributed by atoms with E-state index in [9.17, 15) is 0 Å². The molecule has 0 radical (unpaired) electrons. The van der Waals surface area contributed by atoms with Gasteiger partial charge in [-0.05, 0) is 48.8 Å². The normalized spacial score (nSPS) is 13.4. The molecule has 0 aliphatic heterocycles. The van der Waals surface area contributed by atoms with Gasteiger partial charge in [-0.3, -0.25) is 0 Å². The minimum atomic E-state index is -0.350. The summed E-state index contributed by atoms with van der Waals surface area (Å²) in [5.41, 5.74) is 3.75. The molecule has 29 heavy (non-hydrogen) atoms. The van der Waals surface area contributed by atoms with E-state index in [0.29, 0.717) is 12.5 Å². The first kappa shape index (κ1) is 27.9. The van der Waals surface area contributed by atoms with E-state index in [1.807, 2.05) is 19.1 Å². The number of hydroxylamine groups is 1. The molecule has 5 heteroatoms. The standard InChI is InChI=1S/C18H30O3.C6H15NO.H2/c1-6-7-17(18(3,4)5)15-8-10-16(11-9-15)21-14(2)20-13-12-19;1-2-3-4-5-6-7-8;/h8-11,14,17,19H,6-7,12-13H2,1-5H3;7-8H,2-6H2,1H3;1H. The molecular formula is C24H47NO4. The molecule has 172 valence electrons. The Hall–Kier alpha value is -1.14. The summed E-state index contributed by atoms with van der Waals surface area (Å²) in [7, 11) is 0. The van der Waals surface area contributed by atoms with Gasteiger partial charge in [0.1, 0.15) is 5.75 Å². The summed E-state index contributed by atoms with van der Waals surface area (Å²) in [6.45, 7) is 14.2. The molecule has 0 saturated heterocycles. The lowest BCUT2D eigenvalue weighted by molar-refractivity contribution is -0.0760. The van der Waals surface area contributed by atoms with E-state index in [-0.39, 0.29) is 19.7 Å². The fourth-order valence-corrected chi connectivity index (χ4v) is 3.24. The van der Waals surface area contributed by atoms with Crippen LogP contribution in [0.3, 0.4) is 0 Å². The Labute approximate surface area is 180 Å². The van der Waals surface area contributed by atoms with Crippen LogP contribution in [-0.2, 0) is 4.74 Å². The van der Waals surface area contributed by atoms with E-state index in [4.69, 9.17) is 19.8 Å². The lowest BCUT2D eigenvalue weighted by atomic mass is 9.74. The number of nitrogens with one attached hydrogen (secondary N) is 1. The zero-order valence-electron chi connectivity index (χ0n) is 19.5. The highest BCUT2D eigenvalue weighted by Gasteiger charge is 2.25. The SMILES string of the molecule is CCCC(c1ccc(OC(C)OCCO)cc1)C(C)(C)C.CCCCCCNO.[HH]. The van der Waals surface area contributed by atoms with Crippen molar-refractivity contribution >= 4 is 0 Å². The van der Waals surface area contributed by atoms with Gasteiger partial charge in [0.15, 0.2) is 6.29 Å². The van der Waals surface area contributed by atoms with Crippen LogP contribution < -0.4 is 10.2 Å². The fraction of sp³-hybridized carbons (Fsp3) is 0.750. The van der Waals surface area contributed by atoms with Gasteiger partial charge in [0.05, 0.1) is 13.2 Å². The number of aliphatic hydroxyl groups excluding tert-OH is 1. The van der Waals surface area contributed by atoms with Crippen LogP contribution in [0.25, 0.3) is 0 Å². The van der Waals surface area contributed by atoms with Crippen LogP contribution in [0, 0.1) is 5.41 Å². The molecule has 0 fully saturated rings. The molecule has 0 aliphatic carbocycles. The topological polar surface area (TPSA) is 71.0 Å². The highest BCUT2D eigenvalue weighted by molar-refractivity contribution is 5.30. The van der Waals surface area contributed by atoms with Crippen LogP contribution in [0.2, 0.25) is 0 Å². The molecule has 0 amide bonds. The van der Waals surface area contributed by atoms with Crippen molar-refractivity contribution in [2.24, 2.45) is 5.41 Å². The molecule has 5 nitrogen and oxygen atoms in total. The first-order chi connectivity index (χ1) is 13.8. The van der Waals surface area contributed by atoms with Crippen LogP contribution in [0.1, 0.15) is 93.0 Å². The lowest BCUT2D eigenvalue weighted by Gasteiger charge is -2.31. The Morgan fingerprint density at radius 1 is 1.03 bits per heavy atom. The third kappa shape index (κ3) is 13.7. The highest BCUT2D eigenvalue weighted by atomic mass is 16.7. The Morgan fingerprint density at radius 3 is 2.17 bits per heavy atom. The number of unbranched alkanes of at least 4 members (excludes halogenated alkanes) is 3. The second-order valence-corrected chi connectivity index (χ2v) is 8.52. The van der Waals surface area contributed by atoms with Crippen molar-refractivity contribution < 1.29 is 21.2 Å². The summed E-state index contributed by atoms with van der Waals surface area (Å²) in [4.78, 5) is 0. The molecule has 0 heterocycles. The Kier molecular flexibility index (Phi) is 16.0. The Morgan fingerprint density at radius 2 is 1.69 bits per heavy atom. The maximum Gasteiger partial charge on any atom is 0.197 e. The van der Waals surface area contributed by atoms with E-state index >= 15 is 0 Å². The summed E-state index contributed by atoms with van der Waals surface area (Å²) >= 11 is 0. The van der Waals surface area contributed by atoms with Crippen molar-refractivity contribution in [2.75, 3.05) is 19.8 Å². The summed E-state index contributed by atoms with van der Waals surface area (Å²) in [5, 5.41) is 16.8. The van der Waals surface area contributed by atoms with Crippen molar-refractivity contribution in [1.29, 1.82) is 0 Å². The average molecular weight is 414 g/mol. The number of rotatable bonds is 13. The predicted octanol–water partition coefficient (Wildman–Crippen LogP) is 6.14. The van der Waals surface area contributed by atoms with Gasteiger partial charge >= 0.3 is 0 Å². The van der Waals surface area contributed by atoms with Gasteiger partial charge < -0.3 is 19.8 Å².